The van der Waals surface area contributed by atoms with Crippen molar-refractivity contribution in [1.82, 2.24) is 14.9 Å². The molecule has 0 unspecified atom stereocenters. The summed E-state index contributed by atoms with van der Waals surface area (Å²) in [6.45, 7) is 4.17. The Morgan fingerprint density at radius 1 is 1.12 bits per heavy atom. The molecular formula is C19H18BrClN4S. The lowest BCUT2D eigenvalue weighted by molar-refractivity contribution is 0.667. The lowest BCUT2D eigenvalue weighted by atomic mass is 10.2. The number of thioether (sulfide) groups is 1. The van der Waals surface area contributed by atoms with Crippen LogP contribution in [0, 0.1) is 0 Å². The highest BCUT2D eigenvalue weighted by Gasteiger charge is 2.15. The monoisotopic (exact) mass is 448 g/mol. The zero-order valence-electron chi connectivity index (χ0n) is 14.4. The van der Waals surface area contributed by atoms with Gasteiger partial charge in [0.15, 0.2) is 5.82 Å². The van der Waals surface area contributed by atoms with E-state index in [9.17, 15) is 0 Å². The molecule has 4 nitrogen and oxygen atoms in total. The lowest BCUT2D eigenvalue weighted by Crippen LogP contribution is -2.02. The summed E-state index contributed by atoms with van der Waals surface area (Å²) in [5.41, 5.74) is 2.20. The van der Waals surface area contributed by atoms with Crippen LogP contribution in [0.1, 0.15) is 36.7 Å². The van der Waals surface area contributed by atoms with E-state index in [2.05, 4.69) is 57.2 Å². The van der Waals surface area contributed by atoms with Crippen molar-refractivity contribution in [3.63, 3.8) is 0 Å². The van der Waals surface area contributed by atoms with Crippen LogP contribution in [-0.4, -0.2) is 21.1 Å². The molecule has 0 aliphatic rings. The van der Waals surface area contributed by atoms with Gasteiger partial charge in [-0.3, -0.25) is 0 Å². The Kier molecular flexibility index (Phi) is 6.51. The molecule has 0 aliphatic heterocycles. The molecule has 0 amide bonds. The fourth-order valence-electron chi connectivity index (χ4n) is 2.24. The molecule has 2 aromatic carbocycles. The fraction of sp³-hybridized carbons (Fsp3) is 0.211. The molecule has 7 heteroatoms. The van der Waals surface area contributed by atoms with Gasteiger partial charge in [0.1, 0.15) is 0 Å². The summed E-state index contributed by atoms with van der Waals surface area (Å²) >= 11 is 11.0. The summed E-state index contributed by atoms with van der Waals surface area (Å²) in [5, 5.41) is 14.7. The minimum Gasteiger partial charge on any atom is -0.191 e. The molecule has 0 radical (unpaired) electrons. The first-order chi connectivity index (χ1) is 12.5. The molecule has 0 N–H and O–H groups in total. The van der Waals surface area contributed by atoms with Crippen LogP contribution in [0.3, 0.4) is 0 Å². The third-order valence-corrected chi connectivity index (χ3v) is 5.40. The highest BCUT2D eigenvalue weighted by molar-refractivity contribution is 9.10. The molecule has 0 atom stereocenters. The summed E-state index contributed by atoms with van der Waals surface area (Å²) in [4.78, 5) is 0. The van der Waals surface area contributed by atoms with E-state index in [0.717, 1.165) is 26.8 Å². The normalized spacial score (nSPS) is 11.6. The van der Waals surface area contributed by atoms with Crippen molar-refractivity contribution in [3.05, 3.63) is 75.0 Å². The maximum absolute atomic E-state index is 5.94. The highest BCUT2D eigenvalue weighted by Crippen LogP contribution is 2.25. The Hall–Kier alpha value is -1.63. The van der Waals surface area contributed by atoms with Gasteiger partial charge in [-0.25, -0.2) is 0 Å². The Morgan fingerprint density at radius 3 is 2.46 bits per heavy atom. The molecule has 1 heterocycles. The van der Waals surface area contributed by atoms with Crippen LogP contribution >= 0.6 is 39.3 Å². The minimum absolute atomic E-state index is 0.229. The Bertz CT molecular complexity index is 889. The minimum atomic E-state index is 0.229. The smallest absolute Gasteiger partial charge is 0.191 e. The van der Waals surface area contributed by atoms with E-state index in [-0.39, 0.29) is 5.92 Å². The van der Waals surface area contributed by atoms with Gasteiger partial charge in [0, 0.05) is 21.2 Å². The molecule has 0 spiro atoms. The molecule has 134 valence electrons. The summed E-state index contributed by atoms with van der Waals surface area (Å²) in [6.07, 6.45) is 1.80. The molecule has 3 rings (SSSR count). The van der Waals surface area contributed by atoms with Gasteiger partial charge in [-0.1, -0.05) is 77.4 Å². The van der Waals surface area contributed by atoms with E-state index in [0.29, 0.717) is 5.02 Å². The molecule has 26 heavy (non-hydrogen) atoms. The molecule has 1 aromatic heterocycles. The Morgan fingerprint density at radius 2 is 1.81 bits per heavy atom. The van der Waals surface area contributed by atoms with Crippen LogP contribution in [0.4, 0.5) is 0 Å². The standard InChI is InChI=1S/C19H18BrClN4S/c1-13(2)18-23-24-19(26-12-15-3-7-16(20)8-4-15)25(18)22-11-14-5-9-17(21)10-6-14/h3-11,13H,12H2,1-2H3/b22-11+. The number of nitrogens with zero attached hydrogens (tertiary/aromatic N) is 4. The Balaban J connectivity index is 1.81. The molecule has 0 saturated heterocycles. The second kappa shape index (κ2) is 8.84. The molecule has 3 aromatic rings. The van der Waals surface area contributed by atoms with Gasteiger partial charge in [0.2, 0.25) is 5.16 Å². The topological polar surface area (TPSA) is 43.1 Å². The number of rotatable bonds is 6. The lowest BCUT2D eigenvalue weighted by Gasteiger charge is -2.06. The molecular weight excluding hydrogens is 432 g/mol. The van der Waals surface area contributed by atoms with Crippen LogP contribution in [0.25, 0.3) is 0 Å². The van der Waals surface area contributed by atoms with Gasteiger partial charge >= 0.3 is 0 Å². The van der Waals surface area contributed by atoms with Gasteiger partial charge in [0.25, 0.3) is 0 Å². The van der Waals surface area contributed by atoms with E-state index in [1.165, 1.54) is 5.56 Å². The van der Waals surface area contributed by atoms with E-state index >= 15 is 0 Å². The number of hydrogen-bond acceptors (Lipinski definition) is 4. The van der Waals surface area contributed by atoms with Crippen molar-refractivity contribution in [3.8, 4) is 0 Å². The van der Waals surface area contributed by atoms with Crippen molar-refractivity contribution in [2.24, 2.45) is 5.10 Å². The summed E-state index contributed by atoms with van der Waals surface area (Å²) in [7, 11) is 0. The zero-order chi connectivity index (χ0) is 18.5. The number of halogens is 2. The van der Waals surface area contributed by atoms with Gasteiger partial charge in [-0.2, -0.15) is 9.78 Å². The predicted molar refractivity (Wildman–Crippen MR) is 112 cm³/mol. The first kappa shape index (κ1) is 19.1. The number of hydrogen-bond donors (Lipinski definition) is 0. The molecule has 0 bridgehead atoms. The van der Waals surface area contributed by atoms with E-state index in [4.69, 9.17) is 11.6 Å². The maximum atomic E-state index is 5.94. The van der Waals surface area contributed by atoms with Gasteiger partial charge in [-0.15, -0.1) is 10.2 Å². The second-order valence-corrected chi connectivity index (χ2v) is 8.31. The van der Waals surface area contributed by atoms with E-state index in [1.54, 1.807) is 18.0 Å². The van der Waals surface area contributed by atoms with Crippen LogP contribution in [0.15, 0.2) is 63.3 Å². The van der Waals surface area contributed by atoms with Crippen LogP contribution < -0.4 is 0 Å². The van der Waals surface area contributed by atoms with Gasteiger partial charge < -0.3 is 0 Å². The average molecular weight is 450 g/mol. The van der Waals surface area contributed by atoms with Crippen LogP contribution in [-0.2, 0) is 5.75 Å². The van der Waals surface area contributed by atoms with Crippen molar-refractivity contribution in [1.29, 1.82) is 0 Å². The Labute approximate surface area is 170 Å². The third kappa shape index (κ3) is 4.96. The highest BCUT2D eigenvalue weighted by atomic mass is 79.9. The molecule has 0 fully saturated rings. The first-order valence-electron chi connectivity index (χ1n) is 8.15. The average Bonchev–Trinajstić information content (AvgIpc) is 3.04. The van der Waals surface area contributed by atoms with Crippen molar-refractivity contribution < 1.29 is 0 Å². The maximum Gasteiger partial charge on any atom is 0.212 e. The van der Waals surface area contributed by atoms with E-state index < -0.39 is 0 Å². The van der Waals surface area contributed by atoms with Crippen molar-refractivity contribution >= 4 is 45.5 Å². The zero-order valence-corrected chi connectivity index (χ0v) is 17.6. The second-order valence-electron chi connectivity index (χ2n) is 6.02. The number of benzene rings is 2. The number of aromatic nitrogens is 3. The summed E-state index contributed by atoms with van der Waals surface area (Å²) in [5.74, 6) is 1.88. The van der Waals surface area contributed by atoms with Crippen LogP contribution in [0.2, 0.25) is 5.02 Å². The predicted octanol–water partition coefficient (Wildman–Crippen LogP) is 5.99. The summed E-state index contributed by atoms with van der Waals surface area (Å²) in [6, 6.07) is 15.8. The van der Waals surface area contributed by atoms with Crippen molar-refractivity contribution in [2.75, 3.05) is 0 Å². The van der Waals surface area contributed by atoms with Gasteiger partial charge in [-0.05, 0) is 35.4 Å². The quantitative estimate of drug-likeness (QED) is 0.343. The summed E-state index contributed by atoms with van der Waals surface area (Å²) < 4.78 is 2.90. The van der Waals surface area contributed by atoms with Gasteiger partial charge in [0.05, 0.1) is 6.21 Å². The first-order valence-corrected chi connectivity index (χ1v) is 10.3. The fourth-order valence-corrected chi connectivity index (χ4v) is 3.48. The molecule has 0 aliphatic carbocycles. The van der Waals surface area contributed by atoms with Crippen LogP contribution in [0.5, 0.6) is 0 Å². The SMILES string of the molecule is CC(C)c1nnc(SCc2ccc(Br)cc2)n1/N=C/c1ccc(Cl)cc1. The largest absolute Gasteiger partial charge is 0.212 e. The third-order valence-electron chi connectivity index (χ3n) is 3.63. The van der Waals surface area contributed by atoms with Crippen molar-refractivity contribution in [2.45, 2.75) is 30.7 Å². The molecule has 0 saturated carbocycles. The van der Waals surface area contributed by atoms with E-state index in [1.807, 2.05) is 41.1 Å².